The van der Waals surface area contributed by atoms with E-state index in [4.69, 9.17) is 21.1 Å². The zero-order valence-electron chi connectivity index (χ0n) is 20.5. The van der Waals surface area contributed by atoms with E-state index in [0.29, 0.717) is 27.7 Å². The van der Waals surface area contributed by atoms with E-state index in [1.165, 1.54) is 59.9 Å². The molecule has 198 valence electrons. The molecule has 1 heterocycles. The Hall–Kier alpha value is -3.67. The molecule has 0 spiro atoms. The monoisotopic (exact) mass is 573 g/mol. The number of ether oxygens (including phenoxy) is 2. The number of aromatic nitrogens is 1. The maximum atomic E-state index is 13.0. The standard InChI is InChI=1S/C26H24ClN3O6S2/c1-3-35-20-11-14-22-23(15-20)37-26(30(22)16-24(31)36-4-2)28-25(32)17-5-9-19(10-6-17)29-38(33,34)21-12-7-18(27)8-13-21/h5-15,29H,3-4,16H2,1-2H3. The molecule has 1 amide bonds. The lowest BCUT2D eigenvalue weighted by Gasteiger charge is -2.08. The van der Waals surface area contributed by atoms with Gasteiger partial charge in [-0.2, -0.15) is 4.99 Å². The molecule has 12 heteroatoms. The van der Waals surface area contributed by atoms with Crippen molar-refractivity contribution in [1.29, 1.82) is 0 Å². The van der Waals surface area contributed by atoms with Crippen LogP contribution in [0.5, 0.6) is 5.75 Å². The number of anilines is 1. The number of benzene rings is 3. The molecule has 0 bridgehead atoms. The van der Waals surface area contributed by atoms with Crippen molar-refractivity contribution in [3.8, 4) is 5.75 Å². The molecule has 0 fully saturated rings. The molecule has 0 aliphatic heterocycles. The minimum atomic E-state index is -3.83. The van der Waals surface area contributed by atoms with Gasteiger partial charge in [-0.15, -0.1) is 0 Å². The van der Waals surface area contributed by atoms with Crippen molar-refractivity contribution in [2.24, 2.45) is 4.99 Å². The number of rotatable bonds is 9. The second-order valence-corrected chi connectivity index (χ2v) is 11.0. The van der Waals surface area contributed by atoms with Crippen LogP contribution in [0.1, 0.15) is 24.2 Å². The van der Waals surface area contributed by atoms with Gasteiger partial charge < -0.3 is 14.0 Å². The van der Waals surface area contributed by atoms with Gasteiger partial charge in [0.15, 0.2) is 4.80 Å². The van der Waals surface area contributed by atoms with Crippen molar-refractivity contribution in [3.05, 3.63) is 82.1 Å². The summed E-state index contributed by atoms with van der Waals surface area (Å²) < 4.78 is 40.8. The van der Waals surface area contributed by atoms with Crippen molar-refractivity contribution in [2.75, 3.05) is 17.9 Å². The van der Waals surface area contributed by atoms with Crippen LogP contribution >= 0.6 is 22.9 Å². The van der Waals surface area contributed by atoms with E-state index in [1.807, 2.05) is 13.0 Å². The van der Waals surface area contributed by atoms with E-state index in [-0.39, 0.29) is 29.3 Å². The van der Waals surface area contributed by atoms with E-state index in [2.05, 4.69) is 9.71 Å². The minimum absolute atomic E-state index is 0.0560. The van der Waals surface area contributed by atoms with Gasteiger partial charge in [-0.25, -0.2) is 8.42 Å². The van der Waals surface area contributed by atoms with Crippen molar-refractivity contribution < 1.29 is 27.5 Å². The third-order valence-electron chi connectivity index (χ3n) is 5.26. The number of fused-ring (bicyclic) bond motifs is 1. The topological polar surface area (TPSA) is 116 Å². The second kappa shape index (κ2) is 11.8. The number of nitrogens with one attached hydrogen (secondary N) is 1. The van der Waals surface area contributed by atoms with Gasteiger partial charge in [0, 0.05) is 16.3 Å². The van der Waals surface area contributed by atoms with Crippen molar-refractivity contribution in [1.82, 2.24) is 4.57 Å². The highest BCUT2D eigenvalue weighted by atomic mass is 35.5. The Balaban J connectivity index is 1.62. The SMILES string of the molecule is CCOC(=O)Cn1c(=NC(=O)c2ccc(NS(=O)(=O)c3ccc(Cl)cc3)cc2)sc2cc(OCC)ccc21. The van der Waals surface area contributed by atoms with Gasteiger partial charge in [-0.3, -0.25) is 14.3 Å². The average molecular weight is 574 g/mol. The summed E-state index contributed by atoms with van der Waals surface area (Å²) in [6.07, 6.45) is 0. The molecule has 1 aromatic heterocycles. The Labute approximate surface area is 228 Å². The molecule has 0 aliphatic carbocycles. The Kier molecular flexibility index (Phi) is 8.50. The van der Waals surface area contributed by atoms with Crippen LogP contribution in [0, 0.1) is 0 Å². The smallest absolute Gasteiger partial charge is 0.326 e. The summed E-state index contributed by atoms with van der Waals surface area (Å²) in [5.74, 6) is -0.335. The zero-order valence-corrected chi connectivity index (χ0v) is 22.9. The van der Waals surface area contributed by atoms with Crippen molar-refractivity contribution in [2.45, 2.75) is 25.3 Å². The van der Waals surface area contributed by atoms with E-state index in [1.54, 1.807) is 23.6 Å². The van der Waals surface area contributed by atoms with E-state index < -0.39 is 21.9 Å². The number of esters is 1. The number of nitrogens with zero attached hydrogens (tertiary/aromatic N) is 2. The average Bonchev–Trinajstić information content (AvgIpc) is 3.20. The molecule has 1 N–H and O–H groups in total. The molecule has 3 aromatic carbocycles. The summed E-state index contributed by atoms with van der Waals surface area (Å²) in [6, 6.07) is 17.1. The fraction of sp³-hybridized carbons (Fsp3) is 0.192. The van der Waals surface area contributed by atoms with Crippen LogP contribution in [0.25, 0.3) is 10.2 Å². The Morgan fingerprint density at radius 1 is 1.00 bits per heavy atom. The van der Waals surface area contributed by atoms with Crippen LogP contribution in [-0.4, -0.2) is 38.1 Å². The van der Waals surface area contributed by atoms with Crippen LogP contribution in [0.3, 0.4) is 0 Å². The first-order chi connectivity index (χ1) is 18.2. The molecule has 4 aromatic rings. The fourth-order valence-corrected chi connectivity index (χ4v) is 5.78. The van der Waals surface area contributed by atoms with Gasteiger partial charge in [0.2, 0.25) is 0 Å². The first-order valence-electron chi connectivity index (χ1n) is 11.6. The number of hydrogen-bond donors (Lipinski definition) is 1. The van der Waals surface area contributed by atoms with Gasteiger partial charge in [-0.05, 0) is 80.6 Å². The minimum Gasteiger partial charge on any atom is -0.494 e. The summed E-state index contributed by atoms with van der Waals surface area (Å²) in [4.78, 5) is 29.9. The highest BCUT2D eigenvalue weighted by molar-refractivity contribution is 7.92. The summed E-state index contributed by atoms with van der Waals surface area (Å²) >= 11 is 7.08. The highest BCUT2D eigenvalue weighted by Crippen LogP contribution is 2.24. The maximum Gasteiger partial charge on any atom is 0.326 e. The molecule has 0 saturated carbocycles. The maximum absolute atomic E-state index is 13.0. The molecule has 0 aliphatic rings. The molecule has 0 radical (unpaired) electrons. The highest BCUT2D eigenvalue weighted by Gasteiger charge is 2.16. The molecular formula is C26H24ClN3O6S2. The zero-order chi connectivity index (χ0) is 27.3. The third-order valence-corrected chi connectivity index (χ3v) is 7.95. The van der Waals surface area contributed by atoms with Crippen molar-refractivity contribution >= 4 is 60.7 Å². The molecule has 0 atom stereocenters. The van der Waals surface area contributed by atoms with E-state index >= 15 is 0 Å². The summed E-state index contributed by atoms with van der Waals surface area (Å²) in [5.41, 5.74) is 1.23. The number of carbonyl (C=O) groups is 2. The van der Waals surface area contributed by atoms with Gasteiger partial charge in [0.25, 0.3) is 15.9 Å². The lowest BCUT2D eigenvalue weighted by molar-refractivity contribution is -0.143. The molecular weight excluding hydrogens is 550 g/mol. The van der Waals surface area contributed by atoms with E-state index in [0.717, 1.165) is 4.70 Å². The van der Waals surface area contributed by atoms with Crippen LogP contribution in [-0.2, 0) is 26.1 Å². The number of amides is 1. The van der Waals surface area contributed by atoms with Crippen LogP contribution in [0.4, 0.5) is 5.69 Å². The Morgan fingerprint density at radius 3 is 2.37 bits per heavy atom. The molecule has 4 rings (SSSR count). The lowest BCUT2D eigenvalue weighted by atomic mass is 10.2. The van der Waals surface area contributed by atoms with Gasteiger partial charge in [0.05, 0.1) is 28.3 Å². The Morgan fingerprint density at radius 2 is 1.71 bits per heavy atom. The number of hydrogen-bond acceptors (Lipinski definition) is 7. The summed E-state index contributed by atoms with van der Waals surface area (Å²) in [6.45, 7) is 4.22. The fourth-order valence-electron chi connectivity index (χ4n) is 3.54. The predicted octanol–water partition coefficient (Wildman–Crippen LogP) is 4.86. The quantitative estimate of drug-likeness (QED) is 0.286. The van der Waals surface area contributed by atoms with Gasteiger partial charge in [0.1, 0.15) is 12.3 Å². The summed E-state index contributed by atoms with van der Waals surface area (Å²) in [5, 5.41) is 0.424. The van der Waals surface area contributed by atoms with E-state index in [9.17, 15) is 18.0 Å². The first-order valence-corrected chi connectivity index (χ1v) is 14.3. The first kappa shape index (κ1) is 27.4. The van der Waals surface area contributed by atoms with Crippen LogP contribution in [0.2, 0.25) is 5.02 Å². The number of sulfonamides is 1. The van der Waals surface area contributed by atoms with Gasteiger partial charge in [-0.1, -0.05) is 22.9 Å². The van der Waals surface area contributed by atoms with Crippen LogP contribution in [0.15, 0.2) is 76.6 Å². The van der Waals surface area contributed by atoms with Crippen LogP contribution < -0.4 is 14.3 Å². The van der Waals surface area contributed by atoms with Gasteiger partial charge >= 0.3 is 5.97 Å². The Bertz CT molecular complexity index is 1640. The summed E-state index contributed by atoms with van der Waals surface area (Å²) in [7, 11) is -3.83. The molecule has 0 saturated heterocycles. The largest absolute Gasteiger partial charge is 0.494 e. The van der Waals surface area contributed by atoms with Crippen molar-refractivity contribution in [3.63, 3.8) is 0 Å². The predicted molar refractivity (Wildman–Crippen MR) is 146 cm³/mol. The molecule has 38 heavy (non-hydrogen) atoms. The normalized spacial score (nSPS) is 11.9. The lowest BCUT2D eigenvalue weighted by Crippen LogP contribution is -2.23. The third kappa shape index (κ3) is 6.42. The second-order valence-electron chi connectivity index (χ2n) is 7.89. The number of halogens is 1. The number of thiazole rings is 1. The number of carbonyl (C=O) groups excluding carboxylic acids is 2. The molecule has 9 nitrogen and oxygen atoms in total. The molecule has 0 unspecified atom stereocenters.